The predicted octanol–water partition coefficient (Wildman–Crippen LogP) is 3.12. The van der Waals surface area contributed by atoms with Gasteiger partial charge in [0.2, 0.25) is 5.91 Å². The Hall–Kier alpha value is -2.28. The number of carbonyl (C=O) groups excluding carboxylic acids is 2. The number of nitrogens with zero attached hydrogens (tertiary/aromatic N) is 3. The fourth-order valence-corrected chi connectivity index (χ4v) is 4.72. The van der Waals surface area contributed by atoms with Gasteiger partial charge in [0.1, 0.15) is 0 Å². The quantitative estimate of drug-likeness (QED) is 0.830. The first-order chi connectivity index (χ1) is 13.2. The fourth-order valence-electron chi connectivity index (χ4n) is 3.66. The van der Waals surface area contributed by atoms with Gasteiger partial charge >= 0.3 is 0 Å². The SMILES string of the molecule is O=C(NC1CCC1)c1ccc([C@H]2CCCN2C(=O)CCc2cnccn2)s1. The molecule has 1 saturated heterocycles. The van der Waals surface area contributed by atoms with Crippen LogP contribution in [0.1, 0.15) is 64.8 Å². The van der Waals surface area contributed by atoms with E-state index in [2.05, 4.69) is 15.3 Å². The average molecular weight is 385 g/mol. The molecule has 142 valence electrons. The summed E-state index contributed by atoms with van der Waals surface area (Å²) >= 11 is 1.52. The number of amides is 2. The molecular weight excluding hydrogens is 360 g/mol. The molecule has 7 heteroatoms. The molecule has 1 aliphatic heterocycles. The summed E-state index contributed by atoms with van der Waals surface area (Å²) < 4.78 is 0. The van der Waals surface area contributed by atoms with Crippen LogP contribution in [-0.4, -0.2) is 39.3 Å². The molecule has 0 bridgehead atoms. The van der Waals surface area contributed by atoms with E-state index in [1.54, 1.807) is 18.6 Å². The Bertz CT molecular complexity index is 803. The Morgan fingerprint density at radius 1 is 1.19 bits per heavy atom. The topological polar surface area (TPSA) is 75.2 Å². The van der Waals surface area contributed by atoms with Gasteiger partial charge in [-0.2, -0.15) is 0 Å². The number of hydrogen-bond donors (Lipinski definition) is 1. The van der Waals surface area contributed by atoms with Gasteiger partial charge in [0.05, 0.1) is 16.6 Å². The zero-order valence-electron chi connectivity index (χ0n) is 15.3. The van der Waals surface area contributed by atoms with Crippen LogP contribution in [0.2, 0.25) is 0 Å². The van der Waals surface area contributed by atoms with Crippen LogP contribution in [-0.2, 0) is 11.2 Å². The van der Waals surface area contributed by atoms with Crippen molar-refractivity contribution in [2.45, 2.75) is 57.0 Å². The van der Waals surface area contributed by atoms with Gasteiger partial charge < -0.3 is 10.2 Å². The summed E-state index contributed by atoms with van der Waals surface area (Å²) in [7, 11) is 0. The van der Waals surface area contributed by atoms with Crippen LogP contribution in [0, 0.1) is 0 Å². The van der Waals surface area contributed by atoms with E-state index in [1.807, 2.05) is 17.0 Å². The Morgan fingerprint density at radius 3 is 2.81 bits per heavy atom. The summed E-state index contributed by atoms with van der Waals surface area (Å²) in [5, 5.41) is 3.09. The van der Waals surface area contributed by atoms with E-state index in [1.165, 1.54) is 17.8 Å². The van der Waals surface area contributed by atoms with E-state index in [-0.39, 0.29) is 17.9 Å². The minimum Gasteiger partial charge on any atom is -0.349 e. The third kappa shape index (κ3) is 4.18. The molecule has 0 spiro atoms. The van der Waals surface area contributed by atoms with E-state index in [4.69, 9.17) is 0 Å². The lowest BCUT2D eigenvalue weighted by Gasteiger charge is -2.26. The molecular formula is C20H24N4O2S. The number of aromatic nitrogens is 2. The molecule has 2 amide bonds. The van der Waals surface area contributed by atoms with Crippen molar-refractivity contribution in [3.8, 4) is 0 Å². The Kier molecular flexibility index (Phi) is 5.48. The number of carbonyl (C=O) groups is 2. The maximum atomic E-state index is 12.7. The summed E-state index contributed by atoms with van der Waals surface area (Å²) in [4.78, 5) is 37.2. The van der Waals surface area contributed by atoms with Crippen molar-refractivity contribution in [1.82, 2.24) is 20.2 Å². The van der Waals surface area contributed by atoms with Crippen LogP contribution in [0.4, 0.5) is 0 Å². The molecule has 2 aromatic rings. The van der Waals surface area contributed by atoms with Gasteiger partial charge in [-0.05, 0) is 50.7 Å². The van der Waals surface area contributed by atoms with Crippen LogP contribution in [0.3, 0.4) is 0 Å². The highest BCUT2D eigenvalue weighted by molar-refractivity contribution is 7.14. The van der Waals surface area contributed by atoms with Gasteiger partial charge in [-0.15, -0.1) is 11.3 Å². The second kappa shape index (κ2) is 8.17. The number of likely N-dealkylation sites (tertiary alicyclic amines) is 1. The Morgan fingerprint density at radius 2 is 2.07 bits per heavy atom. The first kappa shape index (κ1) is 18.1. The van der Waals surface area contributed by atoms with E-state index in [0.29, 0.717) is 18.9 Å². The summed E-state index contributed by atoms with van der Waals surface area (Å²) in [5.41, 5.74) is 0.840. The summed E-state index contributed by atoms with van der Waals surface area (Å²) in [6.45, 7) is 0.783. The lowest BCUT2D eigenvalue weighted by Crippen LogP contribution is -2.39. The summed E-state index contributed by atoms with van der Waals surface area (Å²) in [5.74, 6) is 0.173. The highest BCUT2D eigenvalue weighted by Crippen LogP contribution is 2.36. The van der Waals surface area contributed by atoms with Crippen LogP contribution in [0.15, 0.2) is 30.7 Å². The minimum atomic E-state index is 0.0227. The van der Waals surface area contributed by atoms with Crippen LogP contribution < -0.4 is 5.32 Å². The molecule has 1 atom stereocenters. The van der Waals surface area contributed by atoms with Gasteiger partial charge in [-0.1, -0.05) is 0 Å². The van der Waals surface area contributed by atoms with Crippen molar-refractivity contribution in [2.75, 3.05) is 6.54 Å². The molecule has 3 heterocycles. The summed E-state index contributed by atoms with van der Waals surface area (Å²) in [6, 6.07) is 4.34. The van der Waals surface area contributed by atoms with Crippen molar-refractivity contribution in [3.63, 3.8) is 0 Å². The number of thiophene rings is 1. The largest absolute Gasteiger partial charge is 0.349 e. The highest BCUT2D eigenvalue weighted by atomic mass is 32.1. The molecule has 2 aliphatic rings. The molecule has 1 aliphatic carbocycles. The molecule has 0 unspecified atom stereocenters. The van der Waals surface area contributed by atoms with Crippen molar-refractivity contribution in [1.29, 1.82) is 0 Å². The normalized spacial score (nSPS) is 19.7. The molecule has 27 heavy (non-hydrogen) atoms. The zero-order chi connectivity index (χ0) is 18.6. The maximum absolute atomic E-state index is 12.7. The lowest BCUT2D eigenvalue weighted by atomic mass is 9.93. The van der Waals surface area contributed by atoms with Crippen LogP contribution in [0.5, 0.6) is 0 Å². The van der Waals surface area contributed by atoms with E-state index >= 15 is 0 Å². The van der Waals surface area contributed by atoms with Gasteiger partial charge in [0.15, 0.2) is 0 Å². The Labute approximate surface area is 163 Å². The number of hydrogen-bond acceptors (Lipinski definition) is 5. The monoisotopic (exact) mass is 384 g/mol. The van der Waals surface area contributed by atoms with E-state index < -0.39 is 0 Å². The maximum Gasteiger partial charge on any atom is 0.261 e. The zero-order valence-corrected chi connectivity index (χ0v) is 16.1. The summed E-state index contributed by atoms with van der Waals surface area (Å²) in [6.07, 6.45) is 11.4. The average Bonchev–Trinajstić information content (AvgIpc) is 3.32. The predicted molar refractivity (Wildman–Crippen MR) is 103 cm³/mol. The lowest BCUT2D eigenvalue weighted by molar-refractivity contribution is -0.132. The fraction of sp³-hybridized carbons (Fsp3) is 0.500. The van der Waals surface area contributed by atoms with E-state index in [0.717, 1.165) is 47.7 Å². The van der Waals surface area contributed by atoms with E-state index in [9.17, 15) is 9.59 Å². The Balaban J connectivity index is 1.37. The molecule has 2 fully saturated rings. The third-order valence-electron chi connectivity index (χ3n) is 5.40. The smallest absolute Gasteiger partial charge is 0.261 e. The van der Waals surface area contributed by atoms with Crippen molar-refractivity contribution in [3.05, 3.63) is 46.2 Å². The standard InChI is InChI=1S/C20H24N4O2S/c25-19(9-6-15-13-21-10-11-22-15)24-12-2-5-16(24)17-7-8-18(27-17)20(26)23-14-3-1-4-14/h7-8,10-11,13-14,16H,1-6,9,12H2,(H,23,26)/t16-/m1/s1. The number of nitrogens with one attached hydrogen (secondary N) is 1. The third-order valence-corrected chi connectivity index (χ3v) is 6.59. The van der Waals surface area contributed by atoms with Crippen molar-refractivity contribution < 1.29 is 9.59 Å². The van der Waals surface area contributed by atoms with Gasteiger partial charge in [-0.25, -0.2) is 0 Å². The van der Waals surface area contributed by atoms with Gasteiger partial charge in [0, 0.05) is 42.5 Å². The second-order valence-corrected chi connectivity index (χ2v) is 8.36. The number of rotatable bonds is 6. The minimum absolute atomic E-state index is 0.0227. The van der Waals surface area contributed by atoms with Crippen LogP contribution >= 0.6 is 11.3 Å². The second-order valence-electron chi connectivity index (χ2n) is 7.25. The molecule has 1 N–H and O–H groups in total. The molecule has 0 aromatic carbocycles. The van der Waals surface area contributed by atoms with Gasteiger partial charge in [-0.3, -0.25) is 19.6 Å². The van der Waals surface area contributed by atoms with Gasteiger partial charge in [0.25, 0.3) is 5.91 Å². The first-order valence-electron chi connectivity index (χ1n) is 9.65. The van der Waals surface area contributed by atoms with Crippen molar-refractivity contribution in [2.24, 2.45) is 0 Å². The molecule has 2 aromatic heterocycles. The number of aryl methyl sites for hydroxylation is 1. The highest BCUT2D eigenvalue weighted by Gasteiger charge is 2.31. The van der Waals surface area contributed by atoms with Crippen molar-refractivity contribution >= 4 is 23.2 Å². The molecule has 4 rings (SSSR count). The molecule has 6 nitrogen and oxygen atoms in total. The molecule has 1 saturated carbocycles. The molecule has 0 radical (unpaired) electrons. The first-order valence-corrected chi connectivity index (χ1v) is 10.5. The van der Waals surface area contributed by atoms with Crippen LogP contribution in [0.25, 0.3) is 0 Å².